The van der Waals surface area contributed by atoms with Gasteiger partial charge in [0.2, 0.25) is 5.91 Å². The van der Waals surface area contributed by atoms with Crippen LogP contribution in [0.4, 0.5) is 15.8 Å². The number of hydrogen-bond acceptors (Lipinski definition) is 4. The van der Waals surface area contributed by atoms with Crippen molar-refractivity contribution in [2.45, 2.75) is 30.4 Å². The molecule has 1 atom stereocenters. The van der Waals surface area contributed by atoms with Gasteiger partial charge in [-0.1, -0.05) is 76.9 Å². The highest BCUT2D eigenvalue weighted by Crippen LogP contribution is 2.29. The lowest BCUT2D eigenvalue weighted by Crippen LogP contribution is -2.30. The third-order valence-electron chi connectivity index (χ3n) is 6.14. The molecule has 6 nitrogen and oxygen atoms in total. The van der Waals surface area contributed by atoms with Gasteiger partial charge in [-0.3, -0.25) is 14.4 Å². The summed E-state index contributed by atoms with van der Waals surface area (Å²) in [6.07, 6.45) is 2.12. The standard InChI is InChI=1S/C33H29BrFN3O3S/c1-3-30(33(41)37-28-17-16-24(34)19-27(28)35)42-26-11-7-10-25(20-26)36-32(40)29(18-22-14-12-21(2)13-15-22)38-31(39)23-8-5-4-6-9-23/h4-20,30H,3H2,1-2H3,(H,36,40)(H,37,41)(H,38,39)/b29-18-. The van der Waals surface area contributed by atoms with Gasteiger partial charge < -0.3 is 16.0 Å². The van der Waals surface area contributed by atoms with E-state index >= 15 is 0 Å². The molecule has 9 heteroatoms. The number of rotatable bonds is 10. The summed E-state index contributed by atoms with van der Waals surface area (Å²) in [5.41, 5.74) is 2.92. The van der Waals surface area contributed by atoms with E-state index in [1.807, 2.05) is 50.2 Å². The maximum Gasteiger partial charge on any atom is 0.272 e. The second kappa shape index (κ2) is 14.6. The summed E-state index contributed by atoms with van der Waals surface area (Å²) < 4.78 is 14.8. The van der Waals surface area contributed by atoms with E-state index in [2.05, 4.69) is 31.9 Å². The Morgan fingerprint density at radius 3 is 2.33 bits per heavy atom. The van der Waals surface area contributed by atoms with Crippen molar-refractivity contribution in [1.82, 2.24) is 5.32 Å². The van der Waals surface area contributed by atoms with Crippen LogP contribution in [0, 0.1) is 12.7 Å². The average molecular weight is 647 g/mol. The van der Waals surface area contributed by atoms with Gasteiger partial charge in [0.1, 0.15) is 11.5 Å². The molecule has 3 N–H and O–H groups in total. The van der Waals surface area contributed by atoms with Gasteiger partial charge in [0.05, 0.1) is 10.9 Å². The van der Waals surface area contributed by atoms with Gasteiger partial charge in [-0.15, -0.1) is 11.8 Å². The van der Waals surface area contributed by atoms with Crippen LogP contribution in [0.5, 0.6) is 0 Å². The Morgan fingerprint density at radius 1 is 0.905 bits per heavy atom. The summed E-state index contributed by atoms with van der Waals surface area (Å²) in [4.78, 5) is 40.0. The molecule has 0 radical (unpaired) electrons. The monoisotopic (exact) mass is 645 g/mol. The molecule has 0 saturated heterocycles. The maximum absolute atomic E-state index is 14.3. The lowest BCUT2D eigenvalue weighted by Gasteiger charge is -2.16. The molecule has 0 saturated carbocycles. The molecule has 214 valence electrons. The molecule has 0 aliphatic heterocycles. The zero-order chi connectivity index (χ0) is 30.1. The fraction of sp³-hybridized carbons (Fsp3) is 0.121. The largest absolute Gasteiger partial charge is 0.323 e. The number of benzene rings is 4. The van der Waals surface area contributed by atoms with Crippen LogP contribution >= 0.6 is 27.7 Å². The third kappa shape index (κ3) is 8.64. The van der Waals surface area contributed by atoms with Gasteiger partial charge in [-0.05, 0) is 73.5 Å². The first-order valence-corrected chi connectivity index (χ1v) is 14.9. The van der Waals surface area contributed by atoms with E-state index < -0.39 is 22.9 Å². The topological polar surface area (TPSA) is 87.3 Å². The summed E-state index contributed by atoms with van der Waals surface area (Å²) in [6.45, 7) is 3.84. The van der Waals surface area contributed by atoms with E-state index in [4.69, 9.17) is 0 Å². The molecule has 42 heavy (non-hydrogen) atoms. The highest BCUT2D eigenvalue weighted by atomic mass is 79.9. The number of amides is 3. The highest BCUT2D eigenvalue weighted by Gasteiger charge is 2.20. The third-order valence-corrected chi connectivity index (χ3v) is 7.99. The van der Waals surface area contributed by atoms with Crippen molar-refractivity contribution in [3.05, 3.63) is 130 Å². The number of aryl methyl sites for hydroxylation is 1. The van der Waals surface area contributed by atoms with Crippen LogP contribution in [0.1, 0.15) is 34.8 Å². The van der Waals surface area contributed by atoms with E-state index in [9.17, 15) is 18.8 Å². The second-order valence-corrected chi connectivity index (χ2v) is 11.6. The molecule has 0 heterocycles. The zero-order valence-electron chi connectivity index (χ0n) is 23.0. The Balaban J connectivity index is 1.50. The van der Waals surface area contributed by atoms with Crippen LogP contribution in [-0.4, -0.2) is 23.0 Å². The van der Waals surface area contributed by atoms with Crippen molar-refractivity contribution in [2.24, 2.45) is 0 Å². The van der Waals surface area contributed by atoms with Crippen molar-refractivity contribution in [2.75, 3.05) is 10.6 Å². The van der Waals surface area contributed by atoms with Crippen molar-refractivity contribution in [3.63, 3.8) is 0 Å². The van der Waals surface area contributed by atoms with E-state index in [0.29, 0.717) is 22.1 Å². The quantitative estimate of drug-likeness (QED) is 0.121. The Hall–Kier alpha value is -4.21. The van der Waals surface area contributed by atoms with Crippen LogP contribution in [0.15, 0.2) is 112 Å². The second-order valence-electron chi connectivity index (χ2n) is 9.40. The normalized spacial score (nSPS) is 11.9. The van der Waals surface area contributed by atoms with Crippen LogP contribution in [-0.2, 0) is 9.59 Å². The zero-order valence-corrected chi connectivity index (χ0v) is 25.4. The fourth-order valence-electron chi connectivity index (χ4n) is 3.91. The molecular formula is C33H29BrFN3O3S. The molecule has 0 aliphatic rings. The average Bonchev–Trinajstić information content (AvgIpc) is 2.98. The van der Waals surface area contributed by atoms with Gasteiger partial charge in [0.25, 0.3) is 11.8 Å². The molecule has 4 rings (SSSR count). The van der Waals surface area contributed by atoms with Crippen LogP contribution in [0.3, 0.4) is 0 Å². The molecule has 0 spiro atoms. The minimum Gasteiger partial charge on any atom is -0.323 e. The molecule has 0 bridgehead atoms. The number of nitrogens with one attached hydrogen (secondary N) is 3. The molecule has 3 amide bonds. The van der Waals surface area contributed by atoms with Crippen molar-refractivity contribution in [3.8, 4) is 0 Å². The lowest BCUT2D eigenvalue weighted by atomic mass is 10.1. The Bertz CT molecular complexity index is 1610. The smallest absolute Gasteiger partial charge is 0.272 e. The van der Waals surface area contributed by atoms with E-state index in [0.717, 1.165) is 16.0 Å². The number of thioether (sulfide) groups is 1. The van der Waals surface area contributed by atoms with E-state index in [1.165, 1.54) is 23.9 Å². The minimum absolute atomic E-state index is 0.0769. The highest BCUT2D eigenvalue weighted by molar-refractivity contribution is 9.10. The van der Waals surface area contributed by atoms with Crippen molar-refractivity contribution in [1.29, 1.82) is 0 Å². The number of halogens is 2. The van der Waals surface area contributed by atoms with E-state index in [-0.39, 0.29) is 17.3 Å². The Kier molecular flexibility index (Phi) is 10.7. The SMILES string of the molecule is CCC(Sc1cccc(NC(=O)/C(=C/c2ccc(C)cc2)NC(=O)c2ccccc2)c1)C(=O)Nc1ccc(Br)cc1F. The first kappa shape index (κ1) is 30.7. The van der Waals surface area contributed by atoms with Crippen LogP contribution in [0.2, 0.25) is 0 Å². The summed E-state index contributed by atoms with van der Waals surface area (Å²) in [5, 5.41) is 7.75. The predicted octanol–water partition coefficient (Wildman–Crippen LogP) is 7.82. The van der Waals surface area contributed by atoms with Gasteiger partial charge in [0.15, 0.2) is 0 Å². The summed E-state index contributed by atoms with van der Waals surface area (Å²) in [7, 11) is 0. The lowest BCUT2D eigenvalue weighted by molar-refractivity contribution is -0.116. The minimum atomic E-state index is -0.531. The van der Waals surface area contributed by atoms with Crippen LogP contribution < -0.4 is 16.0 Å². The summed E-state index contributed by atoms with van der Waals surface area (Å²) in [5.74, 6) is -1.77. The fourth-order valence-corrected chi connectivity index (χ4v) is 5.25. The molecule has 1 unspecified atom stereocenters. The molecule has 0 aliphatic carbocycles. The van der Waals surface area contributed by atoms with Gasteiger partial charge in [0, 0.05) is 20.6 Å². The first-order chi connectivity index (χ1) is 20.2. The number of carbonyl (C=O) groups excluding carboxylic acids is 3. The Labute approximate surface area is 256 Å². The van der Waals surface area contributed by atoms with Crippen molar-refractivity contribution < 1.29 is 18.8 Å². The number of hydrogen-bond donors (Lipinski definition) is 3. The molecular weight excluding hydrogens is 617 g/mol. The van der Waals surface area contributed by atoms with Crippen LogP contribution in [0.25, 0.3) is 6.08 Å². The molecule has 4 aromatic carbocycles. The van der Waals surface area contributed by atoms with Crippen molar-refractivity contribution >= 4 is 62.9 Å². The number of anilines is 2. The van der Waals surface area contributed by atoms with E-state index in [1.54, 1.807) is 54.6 Å². The first-order valence-electron chi connectivity index (χ1n) is 13.2. The molecule has 0 aromatic heterocycles. The molecule has 0 fully saturated rings. The Morgan fingerprint density at radius 2 is 1.64 bits per heavy atom. The van der Waals surface area contributed by atoms with Gasteiger partial charge >= 0.3 is 0 Å². The molecule has 4 aromatic rings. The maximum atomic E-state index is 14.3. The predicted molar refractivity (Wildman–Crippen MR) is 171 cm³/mol. The summed E-state index contributed by atoms with van der Waals surface area (Å²) in [6, 6.07) is 27.7. The number of carbonyl (C=O) groups is 3. The van der Waals surface area contributed by atoms with Gasteiger partial charge in [-0.25, -0.2) is 4.39 Å². The summed E-state index contributed by atoms with van der Waals surface area (Å²) >= 11 is 4.52. The van der Waals surface area contributed by atoms with Gasteiger partial charge in [-0.2, -0.15) is 0 Å².